The second-order valence-electron chi connectivity index (χ2n) is 4.17. The summed E-state index contributed by atoms with van der Waals surface area (Å²) >= 11 is 5.64. The molecule has 1 heterocycles. The zero-order valence-electron chi connectivity index (χ0n) is 11.0. The number of halogens is 1. The Morgan fingerprint density at radius 1 is 1.10 bits per heavy atom. The predicted octanol–water partition coefficient (Wildman–Crippen LogP) is 1.18. The Morgan fingerprint density at radius 2 is 1.86 bits per heavy atom. The third kappa shape index (κ3) is 4.85. The van der Waals surface area contributed by atoms with Crippen LogP contribution in [0.2, 0.25) is 5.15 Å². The second kappa shape index (κ2) is 7.35. The standard InChI is InChI=1S/C14H13ClN4O2/c15-12-8-16-7-11(19-12)14(21)18-9-13(20)17-6-10-4-2-1-3-5-10/h1-5,7-8H,6,9H2,(H,17,20)(H,18,21). The van der Waals surface area contributed by atoms with Crippen LogP contribution in [0, 0.1) is 0 Å². The molecule has 0 aliphatic rings. The third-order valence-corrected chi connectivity index (χ3v) is 2.76. The van der Waals surface area contributed by atoms with Crippen LogP contribution in [0.5, 0.6) is 0 Å². The molecule has 2 rings (SSSR count). The highest BCUT2D eigenvalue weighted by Crippen LogP contribution is 2.02. The molecule has 0 atom stereocenters. The van der Waals surface area contributed by atoms with E-state index in [2.05, 4.69) is 20.6 Å². The molecular weight excluding hydrogens is 292 g/mol. The molecule has 0 saturated heterocycles. The average molecular weight is 305 g/mol. The number of amides is 2. The summed E-state index contributed by atoms with van der Waals surface area (Å²) in [6.45, 7) is 0.270. The monoisotopic (exact) mass is 304 g/mol. The summed E-state index contributed by atoms with van der Waals surface area (Å²) in [4.78, 5) is 30.9. The minimum Gasteiger partial charge on any atom is -0.350 e. The molecule has 1 aromatic carbocycles. The molecule has 0 fully saturated rings. The van der Waals surface area contributed by atoms with Crippen molar-refractivity contribution in [1.82, 2.24) is 20.6 Å². The molecule has 7 heteroatoms. The van der Waals surface area contributed by atoms with Crippen molar-refractivity contribution in [2.24, 2.45) is 0 Å². The van der Waals surface area contributed by atoms with E-state index in [0.29, 0.717) is 6.54 Å². The summed E-state index contributed by atoms with van der Waals surface area (Å²) < 4.78 is 0. The smallest absolute Gasteiger partial charge is 0.271 e. The molecule has 0 bridgehead atoms. The van der Waals surface area contributed by atoms with E-state index in [0.717, 1.165) is 5.56 Å². The van der Waals surface area contributed by atoms with Crippen LogP contribution in [0.1, 0.15) is 16.1 Å². The zero-order valence-corrected chi connectivity index (χ0v) is 11.8. The van der Waals surface area contributed by atoms with Crippen molar-refractivity contribution in [3.8, 4) is 0 Å². The highest BCUT2D eigenvalue weighted by atomic mass is 35.5. The van der Waals surface area contributed by atoms with Crippen LogP contribution in [0.25, 0.3) is 0 Å². The van der Waals surface area contributed by atoms with Crippen LogP contribution >= 0.6 is 11.6 Å². The first-order chi connectivity index (χ1) is 10.1. The van der Waals surface area contributed by atoms with Crippen LogP contribution < -0.4 is 10.6 Å². The Hall–Kier alpha value is -2.47. The fourth-order valence-electron chi connectivity index (χ4n) is 1.56. The Kier molecular flexibility index (Phi) is 5.22. The van der Waals surface area contributed by atoms with Crippen molar-refractivity contribution < 1.29 is 9.59 Å². The zero-order chi connectivity index (χ0) is 15.1. The molecule has 21 heavy (non-hydrogen) atoms. The molecule has 108 valence electrons. The van der Waals surface area contributed by atoms with Gasteiger partial charge in [0.1, 0.15) is 10.8 Å². The molecule has 0 radical (unpaired) electrons. The highest BCUT2D eigenvalue weighted by molar-refractivity contribution is 6.29. The number of nitrogens with zero attached hydrogens (tertiary/aromatic N) is 2. The predicted molar refractivity (Wildman–Crippen MR) is 77.7 cm³/mol. The van der Waals surface area contributed by atoms with Gasteiger partial charge in [-0.25, -0.2) is 4.98 Å². The SMILES string of the molecule is O=C(CNC(=O)c1cncc(Cl)n1)NCc1ccccc1. The van der Waals surface area contributed by atoms with Gasteiger partial charge < -0.3 is 10.6 Å². The van der Waals surface area contributed by atoms with Gasteiger partial charge in [0.15, 0.2) is 0 Å². The normalized spacial score (nSPS) is 9.95. The van der Waals surface area contributed by atoms with Gasteiger partial charge in [-0.05, 0) is 5.56 Å². The number of carbonyl (C=O) groups is 2. The Balaban J connectivity index is 1.77. The lowest BCUT2D eigenvalue weighted by molar-refractivity contribution is -0.120. The van der Waals surface area contributed by atoms with Gasteiger partial charge in [-0.15, -0.1) is 0 Å². The van der Waals surface area contributed by atoms with Gasteiger partial charge in [-0.2, -0.15) is 0 Å². The van der Waals surface area contributed by atoms with E-state index < -0.39 is 5.91 Å². The lowest BCUT2D eigenvalue weighted by Crippen LogP contribution is -2.36. The lowest BCUT2D eigenvalue weighted by Gasteiger charge is -2.06. The topological polar surface area (TPSA) is 84.0 Å². The summed E-state index contributed by atoms with van der Waals surface area (Å²) in [5.74, 6) is -0.790. The van der Waals surface area contributed by atoms with Crippen LogP contribution in [-0.4, -0.2) is 28.3 Å². The van der Waals surface area contributed by atoms with E-state index in [9.17, 15) is 9.59 Å². The van der Waals surface area contributed by atoms with E-state index in [1.165, 1.54) is 12.4 Å². The quantitative estimate of drug-likeness (QED) is 0.868. The number of hydrogen-bond acceptors (Lipinski definition) is 4. The first-order valence-electron chi connectivity index (χ1n) is 6.21. The summed E-state index contributed by atoms with van der Waals surface area (Å²) in [6, 6.07) is 9.49. The van der Waals surface area contributed by atoms with Crippen LogP contribution in [-0.2, 0) is 11.3 Å². The van der Waals surface area contributed by atoms with Gasteiger partial charge >= 0.3 is 0 Å². The van der Waals surface area contributed by atoms with E-state index in [1.807, 2.05) is 30.3 Å². The fraction of sp³-hybridized carbons (Fsp3) is 0.143. The minimum atomic E-state index is -0.500. The molecule has 0 aliphatic heterocycles. The fourth-order valence-corrected chi connectivity index (χ4v) is 1.71. The molecule has 2 aromatic rings. The molecule has 0 saturated carbocycles. The maximum Gasteiger partial charge on any atom is 0.271 e. The highest BCUT2D eigenvalue weighted by Gasteiger charge is 2.10. The van der Waals surface area contributed by atoms with Gasteiger partial charge in [-0.1, -0.05) is 41.9 Å². The van der Waals surface area contributed by atoms with Gasteiger partial charge in [0, 0.05) is 6.54 Å². The van der Waals surface area contributed by atoms with Gasteiger partial charge in [0.05, 0.1) is 18.9 Å². The summed E-state index contributed by atoms with van der Waals surface area (Å²) in [5, 5.41) is 5.27. The van der Waals surface area contributed by atoms with Gasteiger partial charge in [-0.3, -0.25) is 14.6 Å². The lowest BCUT2D eigenvalue weighted by atomic mass is 10.2. The van der Waals surface area contributed by atoms with Crippen molar-refractivity contribution in [3.05, 3.63) is 59.1 Å². The Bertz CT molecular complexity index is 634. The molecule has 6 nitrogen and oxygen atoms in total. The van der Waals surface area contributed by atoms with Crippen LogP contribution in [0.4, 0.5) is 0 Å². The molecule has 0 unspecified atom stereocenters. The van der Waals surface area contributed by atoms with Crippen molar-refractivity contribution in [3.63, 3.8) is 0 Å². The van der Waals surface area contributed by atoms with E-state index in [4.69, 9.17) is 11.6 Å². The number of aromatic nitrogens is 2. The average Bonchev–Trinajstić information content (AvgIpc) is 2.51. The van der Waals surface area contributed by atoms with Crippen molar-refractivity contribution in [2.45, 2.75) is 6.54 Å². The second-order valence-corrected chi connectivity index (χ2v) is 4.56. The maximum atomic E-state index is 11.7. The first kappa shape index (κ1) is 14.9. The van der Waals surface area contributed by atoms with Gasteiger partial charge in [0.2, 0.25) is 5.91 Å². The summed E-state index contributed by atoms with van der Waals surface area (Å²) in [5.41, 5.74) is 1.05. The first-order valence-corrected chi connectivity index (χ1v) is 6.59. The van der Waals surface area contributed by atoms with Crippen LogP contribution in [0.3, 0.4) is 0 Å². The summed E-state index contributed by atoms with van der Waals surface area (Å²) in [6.07, 6.45) is 2.61. The maximum absolute atomic E-state index is 11.7. The Morgan fingerprint density at radius 3 is 2.57 bits per heavy atom. The van der Waals surface area contributed by atoms with E-state index in [-0.39, 0.29) is 23.3 Å². The van der Waals surface area contributed by atoms with E-state index >= 15 is 0 Å². The molecule has 1 aromatic heterocycles. The summed E-state index contributed by atoms with van der Waals surface area (Å²) in [7, 11) is 0. The van der Waals surface area contributed by atoms with Crippen LogP contribution in [0.15, 0.2) is 42.7 Å². The number of hydrogen-bond donors (Lipinski definition) is 2. The van der Waals surface area contributed by atoms with Crippen molar-refractivity contribution in [1.29, 1.82) is 0 Å². The largest absolute Gasteiger partial charge is 0.350 e. The van der Waals surface area contributed by atoms with E-state index in [1.54, 1.807) is 0 Å². The van der Waals surface area contributed by atoms with Gasteiger partial charge in [0.25, 0.3) is 5.91 Å². The molecule has 0 spiro atoms. The van der Waals surface area contributed by atoms with Crippen molar-refractivity contribution >= 4 is 23.4 Å². The Labute approximate surface area is 126 Å². The number of nitrogens with one attached hydrogen (secondary N) is 2. The molecule has 0 aliphatic carbocycles. The number of rotatable bonds is 5. The van der Waals surface area contributed by atoms with Crippen molar-refractivity contribution in [2.75, 3.05) is 6.54 Å². The molecule has 2 amide bonds. The molecule has 2 N–H and O–H groups in total. The molecular formula is C14H13ClN4O2. The number of carbonyl (C=O) groups excluding carboxylic acids is 2. The minimum absolute atomic E-state index is 0.0679. The third-order valence-electron chi connectivity index (χ3n) is 2.58. The number of benzene rings is 1.